The molecule has 0 aliphatic rings. The van der Waals surface area contributed by atoms with Crippen LogP contribution in [0.15, 0.2) is 28.9 Å². The highest BCUT2D eigenvalue weighted by atomic mass is 79.9. The van der Waals surface area contributed by atoms with Crippen LogP contribution < -0.4 is 0 Å². The number of rotatable bonds is 1. The highest BCUT2D eigenvalue weighted by Crippen LogP contribution is 2.31. The summed E-state index contributed by atoms with van der Waals surface area (Å²) in [5, 5.41) is 11.2. The van der Waals surface area contributed by atoms with Gasteiger partial charge in [0.15, 0.2) is 11.4 Å². The van der Waals surface area contributed by atoms with Gasteiger partial charge < -0.3 is 9.84 Å². The van der Waals surface area contributed by atoms with E-state index in [1.165, 1.54) is 13.3 Å². The van der Waals surface area contributed by atoms with Gasteiger partial charge in [-0.25, -0.2) is 9.78 Å². The number of aromatic hydroxyl groups is 1. The van der Waals surface area contributed by atoms with Crippen molar-refractivity contribution >= 4 is 32.7 Å². The lowest BCUT2D eigenvalue weighted by atomic mass is 10.1. The summed E-state index contributed by atoms with van der Waals surface area (Å²) in [6.45, 7) is 0. The molecule has 0 saturated heterocycles. The second-order valence-electron chi connectivity index (χ2n) is 3.15. The summed E-state index contributed by atoms with van der Waals surface area (Å²) in [5.74, 6) is -0.815. The van der Waals surface area contributed by atoms with Crippen LogP contribution in [0.4, 0.5) is 0 Å². The summed E-state index contributed by atoms with van der Waals surface area (Å²) >= 11 is 3.34. The van der Waals surface area contributed by atoms with Gasteiger partial charge in [0.25, 0.3) is 0 Å². The van der Waals surface area contributed by atoms with Gasteiger partial charge in [0.05, 0.1) is 7.11 Å². The minimum Gasteiger partial charge on any atom is -0.505 e. The predicted octanol–water partition coefficient (Wildman–Crippen LogP) is 2.49. The number of esters is 1. The Hall–Kier alpha value is -1.62. The third kappa shape index (κ3) is 1.63. The number of ether oxygens (including phenoxy) is 1. The molecular formula is C11H8BrNO3. The Balaban J connectivity index is 2.75. The quantitative estimate of drug-likeness (QED) is 0.816. The van der Waals surface area contributed by atoms with E-state index in [9.17, 15) is 9.90 Å². The van der Waals surface area contributed by atoms with Crippen LogP contribution >= 0.6 is 15.9 Å². The Labute approximate surface area is 100.0 Å². The smallest absolute Gasteiger partial charge is 0.360 e. The number of pyridine rings is 1. The first-order valence-corrected chi connectivity index (χ1v) is 5.29. The van der Waals surface area contributed by atoms with Gasteiger partial charge in [0.2, 0.25) is 0 Å². The predicted molar refractivity (Wildman–Crippen MR) is 62.4 cm³/mol. The lowest BCUT2D eigenvalue weighted by molar-refractivity contribution is 0.0591. The molecule has 2 rings (SSSR count). The second-order valence-corrected chi connectivity index (χ2v) is 4.00. The van der Waals surface area contributed by atoms with Gasteiger partial charge in [0, 0.05) is 21.4 Å². The van der Waals surface area contributed by atoms with Gasteiger partial charge in [-0.2, -0.15) is 0 Å². The number of hydrogen-bond donors (Lipinski definition) is 1. The van der Waals surface area contributed by atoms with Crippen molar-refractivity contribution in [1.29, 1.82) is 0 Å². The lowest BCUT2D eigenvalue weighted by Gasteiger charge is -2.06. The Bertz CT molecular complexity index is 568. The van der Waals surface area contributed by atoms with Crippen molar-refractivity contribution in [2.24, 2.45) is 0 Å². The van der Waals surface area contributed by atoms with Gasteiger partial charge in [0.1, 0.15) is 0 Å². The van der Waals surface area contributed by atoms with Crippen LogP contribution in [0.1, 0.15) is 10.5 Å². The van der Waals surface area contributed by atoms with E-state index in [1.54, 1.807) is 12.1 Å². The fraction of sp³-hybridized carbons (Fsp3) is 0.0909. The first-order valence-electron chi connectivity index (χ1n) is 4.49. The molecule has 0 bridgehead atoms. The van der Waals surface area contributed by atoms with E-state index in [0.29, 0.717) is 5.39 Å². The molecule has 1 aromatic carbocycles. The van der Waals surface area contributed by atoms with Crippen LogP contribution in [-0.2, 0) is 4.74 Å². The minimum absolute atomic E-state index is 0.0758. The monoisotopic (exact) mass is 281 g/mol. The maximum atomic E-state index is 11.3. The molecule has 0 aliphatic carbocycles. The third-order valence-electron chi connectivity index (χ3n) is 2.23. The number of halogens is 1. The van der Waals surface area contributed by atoms with Crippen LogP contribution in [0.3, 0.4) is 0 Å². The van der Waals surface area contributed by atoms with Crippen molar-refractivity contribution in [3.8, 4) is 5.75 Å². The Morgan fingerprint density at radius 2 is 2.19 bits per heavy atom. The van der Waals surface area contributed by atoms with Crippen molar-refractivity contribution < 1.29 is 14.6 Å². The number of carbonyl (C=O) groups is 1. The first kappa shape index (κ1) is 10.9. The van der Waals surface area contributed by atoms with E-state index in [0.717, 1.165) is 9.86 Å². The highest BCUT2D eigenvalue weighted by molar-refractivity contribution is 9.10. The van der Waals surface area contributed by atoms with E-state index in [-0.39, 0.29) is 11.4 Å². The van der Waals surface area contributed by atoms with E-state index >= 15 is 0 Å². The van der Waals surface area contributed by atoms with Gasteiger partial charge >= 0.3 is 5.97 Å². The largest absolute Gasteiger partial charge is 0.505 e. The van der Waals surface area contributed by atoms with Crippen LogP contribution in [0.25, 0.3) is 10.8 Å². The van der Waals surface area contributed by atoms with Crippen molar-refractivity contribution in [2.75, 3.05) is 7.11 Å². The fourth-order valence-electron chi connectivity index (χ4n) is 1.44. The molecule has 0 spiro atoms. The topological polar surface area (TPSA) is 59.4 Å². The maximum absolute atomic E-state index is 11.3. The number of hydrogen-bond acceptors (Lipinski definition) is 4. The van der Waals surface area contributed by atoms with Crippen molar-refractivity contribution in [3.63, 3.8) is 0 Å². The molecule has 0 unspecified atom stereocenters. The molecule has 0 fully saturated rings. The number of methoxy groups -OCH3 is 1. The molecule has 0 aliphatic heterocycles. The summed E-state index contributed by atoms with van der Waals surface area (Å²) in [4.78, 5) is 15.2. The SMILES string of the molecule is COC(=O)c1ncc2c(Br)cccc2c1O. The molecule has 16 heavy (non-hydrogen) atoms. The van der Waals surface area contributed by atoms with Crippen molar-refractivity contribution in [1.82, 2.24) is 4.98 Å². The summed E-state index contributed by atoms with van der Waals surface area (Å²) in [6, 6.07) is 5.32. The number of fused-ring (bicyclic) bond motifs is 1. The van der Waals surface area contributed by atoms with E-state index in [4.69, 9.17) is 0 Å². The average Bonchev–Trinajstić information content (AvgIpc) is 2.30. The summed E-state index contributed by atoms with van der Waals surface area (Å²) in [7, 11) is 1.24. The molecule has 5 heteroatoms. The van der Waals surface area contributed by atoms with Gasteiger partial charge in [-0.3, -0.25) is 0 Å². The molecule has 2 aromatic rings. The summed E-state index contributed by atoms with van der Waals surface area (Å²) in [6.07, 6.45) is 1.52. The number of nitrogens with zero attached hydrogens (tertiary/aromatic N) is 1. The zero-order valence-corrected chi connectivity index (χ0v) is 9.98. The highest BCUT2D eigenvalue weighted by Gasteiger charge is 2.16. The molecule has 0 amide bonds. The lowest BCUT2D eigenvalue weighted by Crippen LogP contribution is -2.04. The molecule has 4 nitrogen and oxygen atoms in total. The van der Waals surface area contributed by atoms with Crippen LogP contribution in [0, 0.1) is 0 Å². The van der Waals surface area contributed by atoms with Crippen LogP contribution in [0.5, 0.6) is 5.75 Å². The molecule has 82 valence electrons. The summed E-state index contributed by atoms with van der Waals surface area (Å²) in [5.41, 5.74) is -0.0758. The zero-order chi connectivity index (χ0) is 11.7. The van der Waals surface area contributed by atoms with Crippen molar-refractivity contribution in [3.05, 3.63) is 34.6 Å². The van der Waals surface area contributed by atoms with Crippen LogP contribution in [0.2, 0.25) is 0 Å². The third-order valence-corrected chi connectivity index (χ3v) is 2.93. The Kier molecular flexibility index (Phi) is 2.78. The van der Waals surface area contributed by atoms with E-state index in [2.05, 4.69) is 25.7 Å². The van der Waals surface area contributed by atoms with Crippen molar-refractivity contribution in [2.45, 2.75) is 0 Å². The maximum Gasteiger partial charge on any atom is 0.360 e. The number of aromatic nitrogens is 1. The molecule has 1 N–H and O–H groups in total. The van der Waals surface area contributed by atoms with Crippen LogP contribution in [-0.4, -0.2) is 23.2 Å². The molecule has 0 atom stereocenters. The van der Waals surface area contributed by atoms with E-state index in [1.807, 2.05) is 6.07 Å². The first-order chi connectivity index (χ1) is 7.65. The normalized spacial score (nSPS) is 10.4. The van der Waals surface area contributed by atoms with E-state index < -0.39 is 5.97 Å². The Morgan fingerprint density at radius 1 is 1.44 bits per heavy atom. The molecule has 1 heterocycles. The second kappa shape index (κ2) is 4.09. The molecule has 1 aromatic heterocycles. The average molecular weight is 282 g/mol. The molecule has 0 saturated carbocycles. The van der Waals surface area contributed by atoms with Gasteiger partial charge in [-0.1, -0.05) is 28.1 Å². The Morgan fingerprint density at radius 3 is 2.88 bits per heavy atom. The molecular weight excluding hydrogens is 274 g/mol. The number of benzene rings is 1. The standard InChI is InChI=1S/C11H8BrNO3/c1-16-11(15)9-10(14)6-3-2-4-8(12)7(6)5-13-9/h2-5,14H,1H3. The minimum atomic E-state index is -0.653. The molecule has 0 radical (unpaired) electrons. The van der Waals surface area contributed by atoms with Gasteiger partial charge in [-0.15, -0.1) is 0 Å². The zero-order valence-electron chi connectivity index (χ0n) is 8.40. The summed E-state index contributed by atoms with van der Waals surface area (Å²) < 4.78 is 5.33. The van der Waals surface area contributed by atoms with Gasteiger partial charge in [-0.05, 0) is 6.07 Å². The fourth-order valence-corrected chi connectivity index (χ4v) is 1.91. The number of carbonyl (C=O) groups excluding carboxylic acids is 1.